The molecule has 0 aromatic carbocycles. The van der Waals surface area contributed by atoms with E-state index in [-0.39, 0.29) is 40.5 Å². The van der Waals surface area contributed by atoms with Gasteiger partial charge in [-0.05, 0) is 124 Å². The summed E-state index contributed by atoms with van der Waals surface area (Å²) < 4.78 is 31.8. The first kappa shape index (κ1) is 41.6. The standard InChI is InChI=1S/C41H70O13/c1-36(2)26(44)12-14-38(5)25-10-9-20-21(41(8)16-13-27(54-41)37(3,4)49)11-15-39(20,6)40(25,7)17-23(33(36)38)51-35-32(30(47)29(46)24(18-42)52-35)53-34-31(48)28(45)22(43)19-50-34/h20-35,42-49H,9-19H2,1-8H3/t20-,21+,22-,23+,24-,25-,26+,27?,28+,29-,30+,31-,32-,33+,34+,35-,38-,39-,40-,41+/m1/s1. The van der Waals surface area contributed by atoms with Crippen LogP contribution in [-0.2, 0) is 23.7 Å². The molecule has 20 atom stereocenters. The van der Waals surface area contributed by atoms with Crippen LogP contribution < -0.4 is 0 Å². The number of ether oxygens (including phenoxy) is 5. The predicted octanol–water partition coefficient (Wildman–Crippen LogP) is 2.00. The first-order valence-electron chi connectivity index (χ1n) is 20.7. The molecule has 3 saturated heterocycles. The molecule has 0 aromatic rings. The summed E-state index contributed by atoms with van der Waals surface area (Å²) in [7, 11) is 0. The zero-order valence-electron chi connectivity index (χ0n) is 33.6. The van der Waals surface area contributed by atoms with Crippen LogP contribution >= 0.6 is 0 Å². The third kappa shape index (κ3) is 6.28. The van der Waals surface area contributed by atoms with Gasteiger partial charge in [0.25, 0.3) is 0 Å². The fourth-order valence-corrected chi connectivity index (χ4v) is 13.9. The largest absolute Gasteiger partial charge is 0.394 e. The normalized spacial score (nSPS) is 56.2. The van der Waals surface area contributed by atoms with Crippen molar-refractivity contribution in [2.75, 3.05) is 13.2 Å². The summed E-state index contributed by atoms with van der Waals surface area (Å²) in [6.07, 6.45) is -6.34. The predicted molar refractivity (Wildman–Crippen MR) is 194 cm³/mol. The second-order valence-electron chi connectivity index (χ2n) is 20.6. The third-order valence-electron chi connectivity index (χ3n) is 17.0. The fourth-order valence-electron chi connectivity index (χ4n) is 13.9. The summed E-state index contributed by atoms with van der Waals surface area (Å²) >= 11 is 0. The van der Waals surface area contributed by atoms with Gasteiger partial charge in [-0.15, -0.1) is 0 Å². The maximum atomic E-state index is 11.6. The lowest BCUT2D eigenvalue weighted by atomic mass is 9.35. The van der Waals surface area contributed by atoms with Crippen LogP contribution in [0.15, 0.2) is 0 Å². The number of aliphatic hydroxyl groups is 8. The highest BCUT2D eigenvalue weighted by Crippen LogP contribution is 2.76. The maximum absolute atomic E-state index is 11.6. The van der Waals surface area contributed by atoms with Crippen molar-refractivity contribution in [2.45, 2.75) is 198 Å². The average molecular weight is 771 g/mol. The van der Waals surface area contributed by atoms with Gasteiger partial charge in [0, 0.05) is 0 Å². The molecule has 13 heteroatoms. The Morgan fingerprint density at radius 3 is 2.07 bits per heavy atom. The van der Waals surface area contributed by atoms with Gasteiger partial charge < -0.3 is 64.5 Å². The molecule has 0 amide bonds. The number of rotatable bonds is 7. The van der Waals surface area contributed by atoms with Gasteiger partial charge in [-0.1, -0.05) is 34.6 Å². The van der Waals surface area contributed by atoms with Crippen LogP contribution in [0.25, 0.3) is 0 Å². The van der Waals surface area contributed by atoms with Gasteiger partial charge >= 0.3 is 0 Å². The molecule has 13 nitrogen and oxygen atoms in total. The van der Waals surface area contributed by atoms with Gasteiger partial charge in [-0.3, -0.25) is 0 Å². The first-order valence-corrected chi connectivity index (χ1v) is 20.7. The molecule has 0 aromatic heterocycles. The smallest absolute Gasteiger partial charge is 0.187 e. The number of hydrogen-bond donors (Lipinski definition) is 8. The van der Waals surface area contributed by atoms with Gasteiger partial charge in [0.15, 0.2) is 12.6 Å². The lowest BCUT2D eigenvalue weighted by molar-refractivity contribution is -0.376. The fraction of sp³-hybridized carbons (Fsp3) is 1.00. The Morgan fingerprint density at radius 2 is 1.43 bits per heavy atom. The Labute approximate surface area is 320 Å². The highest BCUT2D eigenvalue weighted by Gasteiger charge is 2.72. The lowest BCUT2D eigenvalue weighted by Crippen LogP contribution is -2.69. The van der Waals surface area contributed by atoms with E-state index in [2.05, 4.69) is 41.5 Å². The summed E-state index contributed by atoms with van der Waals surface area (Å²) in [6, 6.07) is 0. The molecule has 1 unspecified atom stereocenters. The molecule has 7 fully saturated rings. The molecule has 4 saturated carbocycles. The van der Waals surface area contributed by atoms with Crippen LogP contribution in [0.3, 0.4) is 0 Å². The van der Waals surface area contributed by atoms with Crippen LogP contribution in [0.1, 0.15) is 113 Å². The van der Waals surface area contributed by atoms with E-state index >= 15 is 0 Å². The zero-order valence-corrected chi connectivity index (χ0v) is 33.6. The molecule has 0 spiro atoms. The van der Waals surface area contributed by atoms with E-state index in [0.717, 1.165) is 44.9 Å². The van der Waals surface area contributed by atoms with Gasteiger partial charge in [0.2, 0.25) is 0 Å². The highest BCUT2D eigenvalue weighted by atomic mass is 16.8. The van der Waals surface area contributed by atoms with E-state index in [9.17, 15) is 40.9 Å². The molecule has 0 radical (unpaired) electrons. The SMILES string of the molecule is CC(C)(O)C1CC[C@@](C)([C@H]2CC[C@]3(C)[C@@H]2CC[C@@H]2[C@@]4(C)CC[C@H](O)C(C)(C)[C@@H]4[C@@H](O[C@@H]4O[C@H](CO)[C@@H](O)[C@H](O)[C@H]4O[C@@H]4OC[C@@H](O)[C@H](O)[C@H]4O)C[C@]23C)O1. The van der Waals surface area contributed by atoms with E-state index in [1.807, 2.05) is 13.8 Å². The van der Waals surface area contributed by atoms with Crippen LogP contribution in [0, 0.1) is 45.3 Å². The zero-order chi connectivity index (χ0) is 39.6. The maximum Gasteiger partial charge on any atom is 0.187 e. The van der Waals surface area contributed by atoms with E-state index < -0.39 is 85.1 Å². The summed E-state index contributed by atoms with van der Waals surface area (Å²) in [6.45, 7) is 16.5. The Hall–Kier alpha value is -0.520. The molecule has 3 heterocycles. The van der Waals surface area contributed by atoms with Crippen molar-refractivity contribution in [1.82, 2.24) is 0 Å². The van der Waals surface area contributed by atoms with Crippen molar-refractivity contribution in [3.8, 4) is 0 Å². The van der Waals surface area contributed by atoms with Crippen LogP contribution in [0.5, 0.6) is 0 Å². The minimum Gasteiger partial charge on any atom is -0.394 e. The van der Waals surface area contributed by atoms with Crippen LogP contribution in [0.2, 0.25) is 0 Å². The monoisotopic (exact) mass is 770 g/mol. The number of fused-ring (bicyclic) bond motifs is 5. The van der Waals surface area contributed by atoms with Crippen molar-refractivity contribution in [3.63, 3.8) is 0 Å². The first-order chi connectivity index (χ1) is 25.0. The Bertz CT molecular complexity index is 1360. The Balaban J connectivity index is 1.24. The molecule has 7 rings (SSSR count). The molecule has 4 aliphatic carbocycles. The second kappa shape index (κ2) is 14.1. The van der Waals surface area contributed by atoms with E-state index in [1.54, 1.807) is 0 Å². The van der Waals surface area contributed by atoms with Crippen molar-refractivity contribution >= 4 is 0 Å². The van der Waals surface area contributed by atoms with Crippen molar-refractivity contribution in [2.24, 2.45) is 45.3 Å². The van der Waals surface area contributed by atoms with Gasteiger partial charge in [0.05, 0.1) is 42.7 Å². The minimum absolute atomic E-state index is 0.0841. The molecular formula is C41H70O13. The van der Waals surface area contributed by atoms with Crippen molar-refractivity contribution in [1.29, 1.82) is 0 Å². The molecule has 312 valence electrons. The summed E-state index contributed by atoms with van der Waals surface area (Å²) in [5.74, 6) is 0.913. The summed E-state index contributed by atoms with van der Waals surface area (Å²) in [5, 5.41) is 86.3. The van der Waals surface area contributed by atoms with E-state index in [4.69, 9.17) is 23.7 Å². The molecule has 0 bridgehead atoms. The van der Waals surface area contributed by atoms with E-state index in [1.165, 1.54) is 0 Å². The van der Waals surface area contributed by atoms with Gasteiger partial charge in [-0.2, -0.15) is 0 Å². The van der Waals surface area contributed by atoms with Gasteiger partial charge in [-0.25, -0.2) is 0 Å². The second-order valence-corrected chi connectivity index (χ2v) is 20.6. The third-order valence-corrected chi connectivity index (χ3v) is 17.0. The molecule has 3 aliphatic heterocycles. The van der Waals surface area contributed by atoms with Gasteiger partial charge in [0.1, 0.15) is 42.7 Å². The molecule has 8 N–H and O–H groups in total. The number of hydrogen-bond acceptors (Lipinski definition) is 13. The quantitative estimate of drug-likeness (QED) is 0.175. The topological polar surface area (TPSA) is 208 Å². The average Bonchev–Trinajstić information content (AvgIpc) is 3.68. The van der Waals surface area contributed by atoms with Crippen molar-refractivity contribution < 1.29 is 64.5 Å². The lowest BCUT2D eigenvalue weighted by Gasteiger charge is -2.71. The summed E-state index contributed by atoms with van der Waals surface area (Å²) in [4.78, 5) is 0. The van der Waals surface area contributed by atoms with Crippen molar-refractivity contribution in [3.05, 3.63) is 0 Å². The molecule has 54 heavy (non-hydrogen) atoms. The Morgan fingerprint density at radius 1 is 0.722 bits per heavy atom. The minimum atomic E-state index is -1.65. The highest BCUT2D eigenvalue weighted by molar-refractivity contribution is 5.21. The molecule has 7 aliphatic rings. The number of aliphatic hydroxyl groups excluding tert-OH is 7. The summed E-state index contributed by atoms with van der Waals surface area (Å²) in [5.41, 5.74) is -2.35. The Kier molecular flexibility index (Phi) is 10.8. The van der Waals surface area contributed by atoms with Crippen LogP contribution in [-0.4, -0.2) is 139 Å². The van der Waals surface area contributed by atoms with Crippen LogP contribution in [0.4, 0.5) is 0 Å². The van der Waals surface area contributed by atoms with E-state index in [0.29, 0.717) is 30.6 Å². The molecular weight excluding hydrogens is 700 g/mol.